The molecule has 1 heterocycles. The van der Waals surface area contributed by atoms with Gasteiger partial charge in [-0.2, -0.15) is 0 Å². The Bertz CT molecular complexity index is 611. The van der Waals surface area contributed by atoms with Crippen LogP contribution in [0.3, 0.4) is 0 Å². The van der Waals surface area contributed by atoms with E-state index in [2.05, 4.69) is 5.32 Å². The molecule has 6 nitrogen and oxygen atoms in total. The van der Waals surface area contributed by atoms with Crippen molar-refractivity contribution in [2.75, 3.05) is 25.5 Å². The van der Waals surface area contributed by atoms with Crippen LogP contribution in [0.2, 0.25) is 0 Å². The minimum absolute atomic E-state index is 0.0788. The molecule has 0 aliphatic carbocycles. The number of ether oxygens (including phenoxy) is 1. The van der Waals surface area contributed by atoms with Crippen LogP contribution in [0.15, 0.2) is 35.2 Å². The number of rotatable bonds is 8. The Morgan fingerprint density at radius 3 is 2.58 bits per heavy atom. The Hall–Kier alpha value is -1.44. The van der Waals surface area contributed by atoms with Crippen LogP contribution in [0, 0.1) is 5.92 Å². The largest absolute Gasteiger partial charge is 0.393 e. The van der Waals surface area contributed by atoms with Crippen LogP contribution in [0.1, 0.15) is 25.7 Å². The Labute approximate surface area is 143 Å². The van der Waals surface area contributed by atoms with E-state index in [9.17, 15) is 18.3 Å². The summed E-state index contributed by atoms with van der Waals surface area (Å²) in [5.74, 6) is -0.312. The van der Waals surface area contributed by atoms with Crippen LogP contribution >= 0.6 is 0 Å². The molecule has 24 heavy (non-hydrogen) atoms. The number of aliphatic hydroxyl groups excluding tert-OH is 1. The molecular formula is C17H25NO5S. The smallest absolute Gasteiger partial charge is 0.221 e. The molecule has 1 fully saturated rings. The summed E-state index contributed by atoms with van der Waals surface area (Å²) in [7, 11) is -3.44. The molecule has 1 amide bonds. The van der Waals surface area contributed by atoms with Gasteiger partial charge in [-0.25, -0.2) is 8.42 Å². The fourth-order valence-corrected chi connectivity index (χ4v) is 4.02. The maximum Gasteiger partial charge on any atom is 0.221 e. The number of aliphatic hydroxyl groups is 1. The van der Waals surface area contributed by atoms with E-state index in [0.717, 1.165) is 12.8 Å². The van der Waals surface area contributed by atoms with Crippen molar-refractivity contribution in [1.82, 2.24) is 5.32 Å². The Morgan fingerprint density at radius 2 is 1.92 bits per heavy atom. The lowest BCUT2D eigenvalue weighted by Gasteiger charge is -2.26. The Balaban J connectivity index is 1.68. The predicted molar refractivity (Wildman–Crippen MR) is 90.3 cm³/mol. The average molecular weight is 355 g/mol. The van der Waals surface area contributed by atoms with Gasteiger partial charge in [0.15, 0.2) is 9.84 Å². The third-order valence-corrected chi connectivity index (χ3v) is 6.00. The highest BCUT2D eigenvalue weighted by Gasteiger charge is 2.22. The number of hydrogen-bond donors (Lipinski definition) is 2. The maximum atomic E-state index is 12.1. The van der Waals surface area contributed by atoms with Crippen molar-refractivity contribution in [1.29, 1.82) is 0 Å². The quantitative estimate of drug-likeness (QED) is 0.730. The molecule has 7 heteroatoms. The molecule has 2 N–H and O–H groups in total. The van der Waals surface area contributed by atoms with Crippen LogP contribution in [0.25, 0.3) is 0 Å². The zero-order chi connectivity index (χ0) is 17.4. The number of benzene rings is 1. The summed E-state index contributed by atoms with van der Waals surface area (Å²) in [6.07, 6.45) is 1.61. The molecule has 1 aliphatic rings. The van der Waals surface area contributed by atoms with Gasteiger partial charge in [0.25, 0.3) is 0 Å². The number of nitrogens with one attached hydrogen (secondary N) is 1. The van der Waals surface area contributed by atoms with E-state index in [1.54, 1.807) is 18.2 Å². The normalized spacial score (nSPS) is 17.4. The van der Waals surface area contributed by atoms with E-state index in [0.29, 0.717) is 26.2 Å². The van der Waals surface area contributed by atoms with Gasteiger partial charge in [0.2, 0.25) is 5.91 Å². The fraction of sp³-hybridized carbons (Fsp3) is 0.588. The summed E-state index contributed by atoms with van der Waals surface area (Å²) in [6, 6.07) is 8.11. The van der Waals surface area contributed by atoms with Crippen molar-refractivity contribution in [2.24, 2.45) is 5.92 Å². The lowest BCUT2D eigenvalue weighted by atomic mass is 9.92. The van der Waals surface area contributed by atoms with Crippen LogP contribution in [-0.4, -0.2) is 51.0 Å². The highest BCUT2D eigenvalue weighted by Crippen LogP contribution is 2.20. The Kier molecular flexibility index (Phi) is 7.20. The summed E-state index contributed by atoms with van der Waals surface area (Å²) >= 11 is 0. The number of carbonyl (C=O) groups is 1. The van der Waals surface area contributed by atoms with E-state index in [1.807, 2.05) is 0 Å². The SMILES string of the molecule is O=C(CCS(=O)(=O)c1ccccc1)NCC[C@H](O)C1CCOCC1. The fourth-order valence-electron chi connectivity index (χ4n) is 2.76. The van der Waals surface area contributed by atoms with Crippen LogP contribution in [-0.2, 0) is 19.4 Å². The average Bonchev–Trinajstić information content (AvgIpc) is 2.61. The van der Waals surface area contributed by atoms with Crippen molar-refractivity contribution < 1.29 is 23.1 Å². The van der Waals surface area contributed by atoms with Crippen molar-refractivity contribution in [3.8, 4) is 0 Å². The molecule has 1 saturated heterocycles. The first-order valence-electron chi connectivity index (χ1n) is 8.29. The van der Waals surface area contributed by atoms with Gasteiger partial charge >= 0.3 is 0 Å². The minimum Gasteiger partial charge on any atom is -0.393 e. The van der Waals surface area contributed by atoms with E-state index in [4.69, 9.17) is 4.74 Å². The molecule has 1 aromatic rings. The van der Waals surface area contributed by atoms with Gasteiger partial charge in [-0.05, 0) is 37.3 Å². The van der Waals surface area contributed by atoms with Crippen LogP contribution < -0.4 is 5.32 Å². The Morgan fingerprint density at radius 1 is 1.25 bits per heavy atom. The van der Waals surface area contributed by atoms with Crippen molar-refractivity contribution in [2.45, 2.75) is 36.7 Å². The molecule has 0 spiro atoms. The lowest BCUT2D eigenvalue weighted by Crippen LogP contribution is -2.33. The highest BCUT2D eigenvalue weighted by atomic mass is 32.2. The van der Waals surface area contributed by atoms with Gasteiger partial charge in [0.1, 0.15) is 0 Å². The molecule has 2 rings (SSSR count). The molecule has 134 valence electrons. The molecular weight excluding hydrogens is 330 g/mol. The first kappa shape index (κ1) is 18.9. The van der Waals surface area contributed by atoms with Gasteiger partial charge in [-0.1, -0.05) is 18.2 Å². The number of hydrogen-bond acceptors (Lipinski definition) is 5. The van der Waals surface area contributed by atoms with E-state index < -0.39 is 15.9 Å². The molecule has 0 saturated carbocycles. The van der Waals surface area contributed by atoms with Crippen LogP contribution in [0.5, 0.6) is 0 Å². The second kappa shape index (κ2) is 9.15. The first-order valence-corrected chi connectivity index (χ1v) is 9.94. The highest BCUT2D eigenvalue weighted by molar-refractivity contribution is 7.91. The van der Waals surface area contributed by atoms with Gasteiger partial charge < -0.3 is 15.2 Å². The van der Waals surface area contributed by atoms with Crippen molar-refractivity contribution in [3.63, 3.8) is 0 Å². The second-order valence-electron chi connectivity index (χ2n) is 6.04. The number of amides is 1. The standard InChI is InChI=1S/C17H25NO5S/c19-16(14-7-11-23-12-8-14)6-10-18-17(20)9-13-24(21,22)15-4-2-1-3-5-15/h1-5,14,16,19H,6-13H2,(H,18,20)/t16-/m0/s1. The first-order chi connectivity index (χ1) is 11.5. The summed E-state index contributed by atoms with van der Waals surface area (Å²) in [5, 5.41) is 12.8. The molecule has 0 unspecified atom stereocenters. The van der Waals surface area contributed by atoms with Gasteiger partial charge in [0, 0.05) is 26.2 Å². The van der Waals surface area contributed by atoms with Crippen molar-refractivity contribution in [3.05, 3.63) is 30.3 Å². The molecule has 1 aromatic carbocycles. The summed E-state index contributed by atoms with van der Waals surface area (Å²) < 4.78 is 29.4. The van der Waals surface area contributed by atoms with Gasteiger partial charge in [-0.3, -0.25) is 4.79 Å². The summed E-state index contributed by atoms with van der Waals surface area (Å²) in [6.45, 7) is 1.69. The maximum absolute atomic E-state index is 12.1. The zero-order valence-corrected chi connectivity index (χ0v) is 14.5. The lowest BCUT2D eigenvalue weighted by molar-refractivity contribution is -0.120. The molecule has 0 aromatic heterocycles. The second-order valence-corrected chi connectivity index (χ2v) is 8.15. The van der Waals surface area contributed by atoms with Crippen molar-refractivity contribution >= 4 is 15.7 Å². The predicted octanol–water partition coefficient (Wildman–Crippen LogP) is 1.14. The topological polar surface area (TPSA) is 92.7 Å². The third kappa shape index (κ3) is 5.89. The monoisotopic (exact) mass is 355 g/mol. The third-order valence-electron chi connectivity index (χ3n) is 4.27. The van der Waals surface area contributed by atoms with Crippen LogP contribution in [0.4, 0.5) is 0 Å². The van der Waals surface area contributed by atoms with Gasteiger partial charge in [-0.15, -0.1) is 0 Å². The van der Waals surface area contributed by atoms with E-state index >= 15 is 0 Å². The number of sulfone groups is 1. The number of carbonyl (C=O) groups excluding carboxylic acids is 1. The minimum atomic E-state index is -3.44. The summed E-state index contributed by atoms with van der Waals surface area (Å²) in [5.41, 5.74) is 0. The van der Waals surface area contributed by atoms with E-state index in [1.165, 1.54) is 12.1 Å². The van der Waals surface area contributed by atoms with E-state index in [-0.39, 0.29) is 28.9 Å². The molecule has 0 bridgehead atoms. The van der Waals surface area contributed by atoms with Gasteiger partial charge in [0.05, 0.1) is 16.8 Å². The molecule has 0 radical (unpaired) electrons. The zero-order valence-electron chi connectivity index (χ0n) is 13.7. The molecule has 1 atom stereocenters. The summed E-state index contributed by atoms with van der Waals surface area (Å²) in [4.78, 5) is 12.0. The molecule has 1 aliphatic heterocycles.